The fourth-order valence-electron chi connectivity index (χ4n) is 2.55. The first-order valence-electron chi connectivity index (χ1n) is 6.97. The Hall–Kier alpha value is -0.315. The van der Waals surface area contributed by atoms with Gasteiger partial charge in [-0.3, -0.25) is 0 Å². The Morgan fingerprint density at radius 1 is 1.17 bits per heavy atom. The van der Waals surface area contributed by atoms with Crippen LogP contribution in [0.2, 0.25) is 5.82 Å². The Bertz CT molecular complexity index is 292. The molecule has 4 heteroatoms. The highest BCUT2D eigenvalue weighted by Crippen LogP contribution is 2.42. The van der Waals surface area contributed by atoms with Gasteiger partial charge in [0.25, 0.3) is 0 Å². The lowest BCUT2D eigenvalue weighted by Crippen LogP contribution is -2.41. The minimum Gasteiger partial charge on any atom is -0.403 e. The number of hydrogen-bond acceptors (Lipinski definition) is 3. The fraction of sp³-hybridized carbons (Fsp3) is 0.857. The smallest absolute Gasteiger partial charge is 0.403 e. The van der Waals surface area contributed by atoms with Crippen molar-refractivity contribution < 1.29 is 14.0 Å². The SMILES string of the molecule is C=C[C@@H](B1OC(C)(C)C(C)(C)O1)[C@@H]1CCCCO1. The minimum absolute atomic E-state index is 0.117. The molecule has 2 saturated heterocycles. The maximum Gasteiger partial charge on any atom is 0.467 e. The van der Waals surface area contributed by atoms with Gasteiger partial charge in [0.2, 0.25) is 0 Å². The van der Waals surface area contributed by atoms with Crippen LogP contribution < -0.4 is 0 Å². The molecule has 0 N–H and O–H groups in total. The molecule has 0 bridgehead atoms. The molecule has 0 unspecified atom stereocenters. The zero-order valence-corrected chi connectivity index (χ0v) is 12.1. The lowest BCUT2D eigenvalue weighted by molar-refractivity contribution is 0.00578. The average molecular weight is 252 g/mol. The van der Waals surface area contributed by atoms with Crippen LogP contribution in [0.1, 0.15) is 47.0 Å². The molecule has 2 aliphatic heterocycles. The zero-order valence-electron chi connectivity index (χ0n) is 12.1. The van der Waals surface area contributed by atoms with Crippen LogP contribution in [0.3, 0.4) is 0 Å². The van der Waals surface area contributed by atoms with E-state index in [-0.39, 0.29) is 30.2 Å². The molecule has 0 aromatic heterocycles. The van der Waals surface area contributed by atoms with Crippen LogP contribution in [0.15, 0.2) is 12.7 Å². The van der Waals surface area contributed by atoms with E-state index in [1.54, 1.807) is 0 Å². The number of hydrogen-bond donors (Lipinski definition) is 0. The predicted octanol–water partition coefficient (Wildman–Crippen LogP) is 3.20. The summed E-state index contributed by atoms with van der Waals surface area (Å²) in [6, 6.07) is 0. The molecule has 0 aromatic rings. The molecule has 0 aromatic carbocycles. The summed E-state index contributed by atoms with van der Waals surface area (Å²) in [6.45, 7) is 13.1. The van der Waals surface area contributed by atoms with Crippen LogP contribution in [0, 0.1) is 0 Å². The van der Waals surface area contributed by atoms with E-state index in [1.165, 1.54) is 6.42 Å². The van der Waals surface area contributed by atoms with Crippen LogP contribution in [0.4, 0.5) is 0 Å². The van der Waals surface area contributed by atoms with Crippen LogP contribution in [-0.2, 0) is 14.0 Å². The maximum atomic E-state index is 6.10. The van der Waals surface area contributed by atoms with Crippen molar-refractivity contribution in [2.45, 2.75) is 70.1 Å². The van der Waals surface area contributed by atoms with Gasteiger partial charge in [0.1, 0.15) is 0 Å². The van der Waals surface area contributed by atoms with E-state index >= 15 is 0 Å². The number of rotatable bonds is 3. The summed E-state index contributed by atoms with van der Waals surface area (Å²) < 4.78 is 18.0. The highest BCUT2D eigenvalue weighted by atomic mass is 16.7. The maximum absolute atomic E-state index is 6.10. The van der Waals surface area contributed by atoms with Gasteiger partial charge in [-0.15, -0.1) is 6.58 Å². The quantitative estimate of drug-likeness (QED) is 0.570. The van der Waals surface area contributed by atoms with Crippen LogP contribution in [0.25, 0.3) is 0 Å². The summed E-state index contributed by atoms with van der Waals surface area (Å²) in [5, 5.41) is 0. The summed E-state index contributed by atoms with van der Waals surface area (Å²) in [5.74, 6) is 0.117. The van der Waals surface area contributed by atoms with E-state index in [0.717, 1.165) is 19.4 Å². The summed E-state index contributed by atoms with van der Waals surface area (Å²) in [4.78, 5) is 0. The van der Waals surface area contributed by atoms with Gasteiger partial charge < -0.3 is 14.0 Å². The predicted molar refractivity (Wildman–Crippen MR) is 73.6 cm³/mol. The first-order chi connectivity index (χ1) is 8.37. The van der Waals surface area contributed by atoms with Crippen molar-refractivity contribution in [3.8, 4) is 0 Å². The van der Waals surface area contributed by atoms with Gasteiger partial charge in [-0.2, -0.15) is 0 Å². The Balaban J connectivity index is 2.08. The summed E-state index contributed by atoms with van der Waals surface area (Å²) >= 11 is 0. The summed E-state index contributed by atoms with van der Waals surface area (Å²) in [5.41, 5.74) is -0.568. The highest BCUT2D eigenvalue weighted by Gasteiger charge is 2.54. The Labute approximate surface area is 111 Å². The normalized spacial score (nSPS) is 32.2. The van der Waals surface area contributed by atoms with Gasteiger partial charge in [-0.05, 0) is 47.0 Å². The highest BCUT2D eigenvalue weighted by molar-refractivity contribution is 6.48. The Morgan fingerprint density at radius 2 is 1.78 bits per heavy atom. The van der Waals surface area contributed by atoms with E-state index in [9.17, 15) is 0 Å². The minimum atomic E-state index is -0.284. The standard InChI is InChI=1S/C14H25BO3/c1-6-11(12-9-7-8-10-16-12)15-17-13(2,3)14(4,5)18-15/h6,11-12H,1,7-10H2,2-5H3/t11-,12+/m1/s1. The first-order valence-corrected chi connectivity index (χ1v) is 6.97. The fourth-order valence-corrected chi connectivity index (χ4v) is 2.55. The molecule has 18 heavy (non-hydrogen) atoms. The molecule has 2 aliphatic rings. The second-order valence-electron chi connectivity index (χ2n) is 6.34. The topological polar surface area (TPSA) is 27.7 Å². The van der Waals surface area contributed by atoms with Crippen LogP contribution in [0.5, 0.6) is 0 Å². The molecule has 0 radical (unpaired) electrons. The molecular formula is C14H25BO3. The van der Waals surface area contributed by atoms with Crippen molar-refractivity contribution >= 4 is 7.12 Å². The van der Waals surface area contributed by atoms with Crippen molar-refractivity contribution in [2.75, 3.05) is 6.61 Å². The van der Waals surface area contributed by atoms with E-state index in [0.29, 0.717) is 0 Å². The lowest BCUT2D eigenvalue weighted by Gasteiger charge is -2.32. The third-order valence-electron chi connectivity index (χ3n) is 4.50. The monoisotopic (exact) mass is 252 g/mol. The molecule has 2 fully saturated rings. The van der Waals surface area contributed by atoms with Gasteiger partial charge in [-0.25, -0.2) is 0 Å². The third-order valence-corrected chi connectivity index (χ3v) is 4.50. The summed E-state index contributed by atoms with van der Waals surface area (Å²) in [7, 11) is -0.240. The van der Waals surface area contributed by atoms with E-state index in [2.05, 4.69) is 34.3 Å². The van der Waals surface area contributed by atoms with Crippen molar-refractivity contribution in [1.82, 2.24) is 0 Å². The average Bonchev–Trinajstić information content (AvgIpc) is 2.50. The van der Waals surface area contributed by atoms with Crippen LogP contribution in [-0.4, -0.2) is 31.0 Å². The molecule has 2 atom stereocenters. The van der Waals surface area contributed by atoms with Crippen LogP contribution >= 0.6 is 0 Å². The zero-order chi connectivity index (χ0) is 13.4. The largest absolute Gasteiger partial charge is 0.467 e. The first kappa shape index (κ1) is 14.1. The molecule has 0 spiro atoms. The second-order valence-corrected chi connectivity index (χ2v) is 6.34. The molecule has 0 amide bonds. The lowest BCUT2D eigenvalue weighted by atomic mass is 9.67. The van der Waals surface area contributed by atoms with E-state index in [4.69, 9.17) is 14.0 Å². The second kappa shape index (κ2) is 4.99. The van der Waals surface area contributed by atoms with Crippen molar-refractivity contribution in [2.24, 2.45) is 0 Å². The summed E-state index contributed by atoms with van der Waals surface area (Å²) in [6.07, 6.45) is 5.56. The number of ether oxygens (including phenoxy) is 1. The van der Waals surface area contributed by atoms with E-state index < -0.39 is 0 Å². The van der Waals surface area contributed by atoms with Gasteiger partial charge in [0.15, 0.2) is 0 Å². The van der Waals surface area contributed by atoms with Gasteiger partial charge in [0.05, 0.1) is 17.3 Å². The Morgan fingerprint density at radius 3 is 2.22 bits per heavy atom. The molecule has 2 heterocycles. The Kier molecular flexibility index (Phi) is 3.91. The molecule has 0 saturated carbocycles. The van der Waals surface area contributed by atoms with E-state index in [1.807, 2.05) is 6.08 Å². The molecule has 0 aliphatic carbocycles. The third kappa shape index (κ3) is 2.51. The molecule has 3 nitrogen and oxygen atoms in total. The van der Waals surface area contributed by atoms with Crippen molar-refractivity contribution in [3.63, 3.8) is 0 Å². The molecule has 102 valence electrons. The van der Waals surface area contributed by atoms with Gasteiger partial charge >= 0.3 is 7.12 Å². The van der Waals surface area contributed by atoms with Gasteiger partial charge in [-0.1, -0.05) is 6.08 Å². The molecule has 2 rings (SSSR count). The molecular weight excluding hydrogens is 227 g/mol. The van der Waals surface area contributed by atoms with Crippen molar-refractivity contribution in [1.29, 1.82) is 0 Å². The van der Waals surface area contributed by atoms with Gasteiger partial charge in [0, 0.05) is 12.4 Å². The van der Waals surface area contributed by atoms with Crippen molar-refractivity contribution in [3.05, 3.63) is 12.7 Å².